The number of ether oxygens (including phenoxy) is 1. The summed E-state index contributed by atoms with van der Waals surface area (Å²) in [5.41, 5.74) is 5.67. The van der Waals surface area contributed by atoms with Crippen LogP contribution >= 0.6 is 0 Å². The Morgan fingerprint density at radius 1 is 1.53 bits per heavy atom. The first-order valence-corrected chi connectivity index (χ1v) is 5.77. The second-order valence-corrected chi connectivity index (χ2v) is 4.37. The van der Waals surface area contributed by atoms with E-state index in [-0.39, 0.29) is 12.5 Å². The third-order valence-electron chi connectivity index (χ3n) is 2.89. The van der Waals surface area contributed by atoms with Crippen LogP contribution in [-0.2, 0) is 9.53 Å². The predicted molar refractivity (Wildman–Crippen MR) is 59.5 cm³/mol. The number of hydrogen-bond donors (Lipinski definition) is 2. The highest BCUT2D eigenvalue weighted by molar-refractivity contribution is 5.77. The normalized spacial score (nSPS) is 17.5. The molecular formula is C11H22N2O2. The van der Waals surface area contributed by atoms with Crippen molar-refractivity contribution in [3.63, 3.8) is 0 Å². The maximum Gasteiger partial charge on any atom is 0.246 e. The molecule has 3 N–H and O–H groups in total. The van der Waals surface area contributed by atoms with Gasteiger partial charge in [-0.15, -0.1) is 0 Å². The van der Waals surface area contributed by atoms with Crippen molar-refractivity contribution in [2.75, 3.05) is 26.3 Å². The Bertz CT molecular complexity index is 203. The lowest BCUT2D eigenvalue weighted by atomic mass is 10.0. The van der Waals surface area contributed by atoms with Gasteiger partial charge in [0.05, 0.1) is 6.61 Å². The van der Waals surface area contributed by atoms with Crippen molar-refractivity contribution in [2.24, 2.45) is 11.1 Å². The number of carbonyl (C=O) groups is 1. The standard InChI is InChI=1S/C11H22N2O2/c1-2-3-11(4-5-11)9-13-10(14)8-15-7-6-12/h2-9,12H2,1H3,(H,13,14). The summed E-state index contributed by atoms with van der Waals surface area (Å²) in [7, 11) is 0. The second kappa shape index (κ2) is 6.08. The first-order chi connectivity index (χ1) is 7.22. The Kier molecular flexibility index (Phi) is 5.05. The number of nitrogens with one attached hydrogen (secondary N) is 1. The number of rotatable bonds is 8. The Morgan fingerprint density at radius 2 is 2.27 bits per heavy atom. The van der Waals surface area contributed by atoms with Gasteiger partial charge in [-0.25, -0.2) is 0 Å². The van der Waals surface area contributed by atoms with E-state index in [1.165, 1.54) is 25.7 Å². The molecule has 0 atom stereocenters. The molecule has 0 aromatic rings. The lowest BCUT2D eigenvalue weighted by molar-refractivity contribution is -0.125. The van der Waals surface area contributed by atoms with Crippen molar-refractivity contribution >= 4 is 5.91 Å². The van der Waals surface area contributed by atoms with Gasteiger partial charge < -0.3 is 15.8 Å². The Balaban J connectivity index is 2.06. The van der Waals surface area contributed by atoms with Crippen LogP contribution in [0.1, 0.15) is 32.6 Å². The molecule has 88 valence electrons. The molecule has 0 aliphatic heterocycles. The number of nitrogens with two attached hydrogens (primary N) is 1. The quantitative estimate of drug-likeness (QED) is 0.583. The van der Waals surface area contributed by atoms with E-state index < -0.39 is 0 Å². The van der Waals surface area contributed by atoms with E-state index in [0.717, 1.165) is 6.54 Å². The average Bonchev–Trinajstić information content (AvgIpc) is 2.97. The molecule has 15 heavy (non-hydrogen) atoms. The van der Waals surface area contributed by atoms with Crippen LogP contribution in [0, 0.1) is 5.41 Å². The van der Waals surface area contributed by atoms with Gasteiger partial charge in [0.2, 0.25) is 5.91 Å². The molecule has 0 unspecified atom stereocenters. The highest BCUT2D eigenvalue weighted by Crippen LogP contribution is 2.48. The van der Waals surface area contributed by atoms with E-state index in [0.29, 0.717) is 18.6 Å². The second-order valence-electron chi connectivity index (χ2n) is 4.37. The smallest absolute Gasteiger partial charge is 0.246 e. The average molecular weight is 214 g/mol. The van der Waals surface area contributed by atoms with Crippen molar-refractivity contribution in [2.45, 2.75) is 32.6 Å². The summed E-state index contributed by atoms with van der Waals surface area (Å²) in [6, 6.07) is 0. The van der Waals surface area contributed by atoms with Gasteiger partial charge in [-0.1, -0.05) is 13.3 Å². The minimum absolute atomic E-state index is 0.0224. The van der Waals surface area contributed by atoms with Crippen LogP contribution in [0.5, 0.6) is 0 Å². The highest BCUT2D eigenvalue weighted by Gasteiger charge is 2.41. The van der Waals surface area contributed by atoms with Crippen LogP contribution in [0.25, 0.3) is 0 Å². The highest BCUT2D eigenvalue weighted by atomic mass is 16.5. The Morgan fingerprint density at radius 3 is 2.80 bits per heavy atom. The molecule has 0 aromatic heterocycles. The minimum Gasteiger partial charge on any atom is -0.370 e. The van der Waals surface area contributed by atoms with E-state index in [2.05, 4.69) is 12.2 Å². The van der Waals surface area contributed by atoms with Crippen molar-refractivity contribution in [3.05, 3.63) is 0 Å². The molecule has 0 heterocycles. The van der Waals surface area contributed by atoms with E-state index in [1.807, 2.05) is 0 Å². The molecule has 1 amide bonds. The molecule has 1 saturated carbocycles. The fourth-order valence-electron chi connectivity index (χ4n) is 1.81. The third-order valence-corrected chi connectivity index (χ3v) is 2.89. The summed E-state index contributed by atoms with van der Waals surface area (Å²) in [6.45, 7) is 4.05. The maximum atomic E-state index is 11.3. The summed E-state index contributed by atoms with van der Waals surface area (Å²) in [5, 5.41) is 2.92. The zero-order valence-electron chi connectivity index (χ0n) is 9.55. The first-order valence-electron chi connectivity index (χ1n) is 5.77. The molecule has 4 heteroatoms. The summed E-state index contributed by atoms with van der Waals surface area (Å²) in [6.07, 6.45) is 4.92. The molecule has 0 radical (unpaired) electrons. The molecule has 0 spiro atoms. The van der Waals surface area contributed by atoms with Gasteiger partial charge in [0.1, 0.15) is 6.61 Å². The molecule has 1 aliphatic rings. The zero-order valence-corrected chi connectivity index (χ0v) is 9.55. The van der Waals surface area contributed by atoms with Crippen molar-refractivity contribution < 1.29 is 9.53 Å². The molecule has 4 nitrogen and oxygen atoms in total. The van der Waals surface area contributed by atoms with Crippen LogP contribution in [0.15, 0.2) is 0 Å². The van der Waals surface area contributed by atoms with Gasteiger partial charge >= 0.3 is 0 Å². The fourth-order valence-corrected chi connectivity index (χ4v) is 1.81. The lowest BCUT2D eigenvalue weighted by Gasteiger charge is -2.14. The molecule has 0 saturated heterocycles. The van der Waals surface area contributed by atoms with E-state index >= 15 is 0 Å². The van der Waals surface area contributed by atoms with Gasteiger partial charge in [-0.2, -0.15) is 0 Å². The maximum absolute atomic E-state index is 11.3. The summed E-state index contributed by atoms with van der Waals surface area (Å²) in [4.78, 5) is 11.3. The van der Waals surface area contributed by atoms with Gasteiger partial charge in [-0.05, 0) is 24.7 Å². The molecule has 1 fully saturated rings. The van der Waals surface area contributed by atoms with Crippen molar-refractivity contribution in [1.29, 1.82) is 0 Å². The topological polar surface area (TPSA) is 64.3 Å². The number of hydrogen-bond acceptors (Lipinski definition) is 3. The van der Waals surface area contributed by atoms with Gasteiger partial charge in [0.25, 0.3) is 0 Å². The molecule has 0 bridgehead atoms. The van der Waals surface area contributed by atoms with Gasteiger partial charge in [-0.3, -0.25) is 4.79 Å². The van der Waals surface area contributed by atoms with Crippen LogP contribution in [0.4, 0.5) is 0 Å². The van der Waals surface area contributed by atoms with Crippen LogP contribution in [0.3, 0.4) is 0 Å². The predicted octanol–water partition coefficient (Wildman–Crippen LogP) is 0.658. The fraction of sp³-hybridized carbons (Fsp3) is 0.909. The van der Waals surface area contributed by atoms with Gasteiger partial charge in [0, 0.05) is 13.1 Å². The van der Waals surface area contributed by atoms with Crippen LogP contribution < -0.4 is 11.1 Å². The van der Waals surface area contributed by atoms with Crippen LogP contribution in [0.2, 0.25) is 0 Å². The van der Waals surface area contributed by atoms with E-state index in [4.69, 9.17) is 10.5 Å². The first kappa shape index (κ1) is 12.5. The lowest BCUT2D eigenvalue weighted by Crippen LogP contribution is -2.33. The number of carbonyl (C=O) groups excluding carboxylic acids is 1. The SMILES string of the molecule is CCCC1(CNC(=O)COCCN)CC1. The van der Waals surface area contributed by atoms with Gasteiger partial charge in [0.15, 0.2) is 0 Å². The van der Waals surface area contributed by atoms with E-state index in [9.17, 15) is 4.79 Å². The molecule has 1 rings (SSSR count). The molecular weight excluding hydrogens is 192 g/mol. The monoisotopic (exact) mass is 214 g/mol. The van der Waals surface area contributed by atoms with E-state index in [1.54, 1.807) is 0 Å². The van der Waals surface area contributed by atoms with Crippen molar-refractivity contribution in [1.82, 2.24) is 5.32 Å². The Labute approximate surface area is 91.5 Å². The largest absolute Gasteiger partial charge is 0.370 e. The van der Waals surface area contributed by atoms with Crippen molar-refractivity contribution in [3.8, 4) is 0 Å². The zero-order chi connectivity index (χ0) is 11.1. The summed E-state index contributed by atoms with van der Waals surface area (Å²) >= 11 is 0. The number of amides is 1. The molecule has 0 aromatic carbocycles. The Hall–Kier alpha value is -0.610. The van der Waals surface area contributed by atoms with Crippen LogP contribution in [-0.4, -0.2) is 32.2 Å². The summed E-state index contributed by atoms with van der Waals surface area (Å²) in [5.74, 6) is -0.0224. The molecule has 1 aliphatic carbocycles. The minimum atomic E-state index is -0.0224. The summed E-state index contributed by atoms with van der Waals surface area (Å²) < 4.78 is 5.05. The third kappa shape index (κ3) is 4.62.